The monoisotopic (exact) mass is 207 g/mol. The minimum absolute atomic E-state index is 0.324. The summed E-state index contributed by atoms with van der Waals surface area (Å²) in [6.07, 6.45) is 1.21. The molecule has 0 aromatic carbocycles. The summed E-state index contributed by atoms with van der Waals surface area (Å²) in [4.78, 5) is 22.2. The Morgan fingerprint density at radius 1 is 1.33 bits per heavy atom. The van der Waals surface area contributed by atoms with Crippen molar-refractivity contribution in [3.63, 3.8) is 0 Å². The van der Waals surface area contributed by atoms with Crippen molar-refractivity contribution in [2.45, 2.75) is 0 Å². The summed E-state index contributed by atoms with van der Waals surface area (Å²) in [5, 5.41) is 8.69. The molecule has 0 fully saturated rings. The lowest BCUT2D eigenvalue weighted by Crippen LogP contribution is -2.21. The van der Waals surface area contributed by atoms with Crippen LogP contribution in [0.15, 0.2) is 35.3 Å². The van der Waals surface area contributed by atoms with Crippen molar-refractivity contribution >= 4 is 11.5 Å². The van der Waals surface area contributed by atoms with Gasteiger partial charge in [0, 0.05) is 6.20 Å². The van der Waals surface area contributed by atoms with Gasteiger partial charge in [0.15, 0.2) is 0 Å². The van der Waals surface area contributed by atoms with Gasteiger partial charge in [-0.25, -0.2) is 9.18 Å². The van der Waals surface area contributed by atoms with Crippen molar-refractivity contribution < 1.29 is 14.3 Å². The Balaban J connectivity index is 2.86. The molecule has 2 rings (SSSR count). The maximum Gasteiger partial charge on any atom is 0.341 e. The van der Waals surface area contributed by atoms with Crippen LogP contribution in [0, 0.1) is 5.82 Å². The van der Waals surface area contributed by atoms with Crippen molar-refractivity contribution in [2.24, 2.45) is 0 Å². The lowest BCUT2D eigenvalue weighted by Gasteiger charge is -2.01. The van der Waals surface area contributed by atoms with Crippen LogP contribution in [0.25, 0.3) is 5.52 Å². The molecule has 2 aromatic rings. The van der Waals surface area contributed by atoms with E-state index in [9.17, 15) is 14.0 Å². The Morgan fingerprint density at radius 3 is 2.73 bits per heavy atom. The highest BCUT2D eigenvalue weighted by molar-refractivity contribution is 5.87. The summed E-state index contributed by atoms with van der Waals surface area (Å²) in [6, 6.07) is 4.81. The van der Waals surface area contributed by atoms with E-state index < -0.39 is 17.3 Å². The second-order valence-corrected chi connectivity index (χ2v) is 3.00. The Kier molecular flexibility index (Phi) is 2.00. The SMILES string of the molecule is O=C(O)c1ccc2cc(F)ccn2c1=O. The van der Waals surface area contributed by atoms with Gasteiger partial charge in [-0.15, -0.1) is 0 Å². The van der Waals surface area contributed by atoms with E-state index in [1.807, 2.05) is 0 Å². The van der Waals surface area contributed by atoms with Gasteiger partial charge in [-0.2, -0.15) is 0 Å². The number of carbonyl (C=O) groups is 1. The summed E-state index contributed by atoms with van der Waals surface area (Å²) in [5.74, 6) is -1.77. The van der Waals surface area contributed by atoms with E-state index in [4.69, 9.17) is 5.11 Å². The first-order valence-electron chi connectivity index (χ1n) is 4.14. The summed E-state index contributed by atoms with van der Waals surface area (Å²) in [7, 11) is 0. The Hall–Kier alpha value is -2.17. The first-order valence-corrected chi connectivity index (χ1v) is 4.14. The lowest BCUT2D eigenvalue weighted by atomic mass is 10.2. The van der Waals surface area contributed by atoms with E-state index in [0.29, 0.717) is 5.52 Å². The van der Waals surface area contributed by atoms with Crippen LogP contribution in [0.4, 0.5) is 4.39 Å². The molecule has 2 heterocycles. The van der Waals surface area contributed by atoms with Crippen LogP contribution in [0.1, 0.15) is 10.4 Å². The van der Waals surface area contributed by atoms with Crippen molar-refractivity contribution in [1.82, 2.24) is 4.40 Å². The predicted molar refractivity (Wildman–Crippen MR) is 50.6 cm³/mol. The third-order valence-electron chi connectivity index (χ3n) is 2.05. The van der Waals surface area contributed by atoms with Crippen LogP contribution < -0.4 is 5.56 Å². The molecule has 0 spiro atoms. The van der Waals surface area contributed by atoms with Gasteiger partial charge in [-0.05, 0) is 24.3 Å². The molecule has 0 saturated carbocycles. The van der Waals surface area contributed by atoms with Crippen LogP contribution in [0.5, 0.6) is 0 Å². The zero-order valence-corrected chi connectivity index (χ0v) is 7.48. The molecule has 76 valence electrons. The molecule has 0 radical (unpaired) electrons. The molecular formula is C10H6FNO3. The van der Waals surface area contributed by atoms with Crippen LogP contribution in [0.2, 0.25) is 0 Å². The predicted octanol–water partition coefficient (Wildman–Crippen LogP) is 1.14. The summed E-state index contributed by atoms with van der Waals surface area (Å²) in [5.41, 5.74) is -0.677. The smallest absolute Gasteiger partial charge is 0.341 e. The molecule has 5 heteroatoms. The molecule has 0 aliphatic heterocycles. The molecular weight excluding hydrogens is 201 g/mol. The molecule has 2 aromatic heterocycles. The Bertz CT molecular complexity index is 603. The van der Waals surface area contributed by atoms with E-state index in [0.717, 1.165) is 16.5 Å². The number of aromatic nitrogens is 1. The van der Waals surface area contributed by atoms with Gasteiger partial charge in [0.05, 0.1) is 5.52 Å². The fourth-order valence-corrected chi connectivity index (χ4v) is 1.34. The zero-order chi connectivity index (χ0) is 11.0. The number of carboxylic acid groups (broad SMARTS) is 1. The average molecular weight is 207 g/mol. The molecule has 0 unspecified atom stereocenters. The minimum atomic E-state index is -1.29. The van der Waals surface area contributed by atoms with Crippen LogP contribution in [0.3, 0.4) is 0 Å². The van der Waals surface area contributed by atoms with E-state index in [1.165, 1.54) is 18.3 Å². The number of rotatable bonds is 1. The Morgan fingerprint density at radius 2 is 2.07 bits per heavy atom. The molecule has 0 bridgehead atoms. The third kappa shape index (κ3) is 1.48. The van der Waals surface area contributed by atoms with Gasteiger partial charge >= 0.3 is 5.97 Å². The van der Waals surface area contributed by atoms with E-state index in [1.54, 1.807) is 0 Å². The van der Waals surface area contributed by atoms with Crippen LogP contribution in [-0.4, -0.2) is 15.5 Å². The highest BCUT2D eigenvalue weighted by Gasteiger charge is 2.10. The molecule has 1 N–H and O–H groups in total. The maximum absolute atomic E-state index is 12.8. The topological polar surface area (TPSA) is 58.8 Å². The minimum Gasteiger partial charge on any atom is -0.477 e. The molecule has 0 aliphatic carbocycles. The molecule has 15 heavy (non-hydrogen) atoms. The fraction of sp³-hybridized carbons (Fsp3) is 0. The van der Waals surface area contributed by atoms with Gasteiger partial charge in [0.25, 0.3) is 5.56 Å². The number of carboxylic acids is 1. The van der Waals surface area contributed by atoms with E-state index in [-0.39, 0.29) is 5.56 Å². The van der Waals surface area contributed by atoms with E-state index >= 15 is 0 Å². The summed E-state index contributed by atoms with van der Waals surface area (Å²) in [6.45, 7) is 0. The number of hydrogen-bond donors (Lipinski definition) is 1. The summed E-state index contributed by atoms with van der Waals surface area (Å²) < 4.78 is 13.9. The fourth-order valence-electron chi connectivity index (χ4n) is 1.34. The first kappa shape index (κ1) is 9.39. The van der Waals surface area contributed by atoms with Gasteiger partial charge in [0.2, 0.25) is 0 Å². The number of fused-ring (bicyclic) bond motifs is 1. The standard InChI is InChI=1S/C10H6FNO3/c11-6-3-4-12-7(5-6)1-2-8(9(12)13)10(14)15/h1-5H,(H,14,15). The first-order chi connectivity index (χ1) is 7.09. The van der Waals surface area contributed by atoms with E-state index in [2.05, 4.69) is 0 Å². The zero-order valence-electron chi connectivity index (χ0n) is 7.48. The Labute approximate surface area is 83.2 Å². The van der Waals surface area contributed by atoms with Crippen molar-refractivity contribution in [2.75, 3.05) is 0 Å². The van der Waals surface area contributed by atoms with Gasteiger partial charge < -0.3 is 5.11 Å². The van der Waals surface area contributed by atoms with Crippen LogP contribution in [-0.2, 0) is 0 Å². The number of hydrogen-bond acceptors (Lipinski definition) is 2. The lowest BCUT2D eigenvalue weighted by molar-refractivity contribution is 0.0695. The second kappa shape index (κ2) is 3.20. The molecule has 0 amide bonds. The van der Waals surface area contributed by atoms with Crippen molar-refractivity contribution in [3.05, 3.63) is 52.2 Å². The highest BCUT2D eigenvalue weighted by atomic mass is 19.1. The molecule has 0 saturated heterocycles. The molecule has 0 atom stereocenters. The number of halogens is 1. The molecule has 0 aliphatic rings. The van der Waals surface area contributed by atoms with Crippen molar-refractivity contribution in [3.8, 4) is 0 Å². The quantitative estimate of drug-likeness (QED) is 0.762. The summed E-state index contributed by atoms with van der Waals surface area (Å²) >= 11 is 0. The highest BCUT2D eigenvalue weighted by Crippen LogP contribution is 2.04. The van der Waals surface area contributed by atoms with Gasteiger partial charge in [-0.1, -0.05) is 0 Å². The van der Waals surface area contributed by atoms with Crippen molar-refractivity contribution in [1.29, 1.82) is 0 Å². The third-order valence-corrected chi connectivity index (χ3v) is 2.05. The number of nitrogens with zero attached hydrogens (tertiary/aromatic N) is 1. The maximum atomic E-state index is 12.8. The number of aromatic carboxylic acids is 1. The largest absolute Gasteiger partial charge is 0.477 e. The van der Waals surface area contributed by atoms with Gasteiger partial charge in [0.1, 0.15) is 11.4 Å². The van der Waals surface area contributed by atoms with Gasteiger partial charge in [-0.3, -0.25) is 9.20 Å². The number of pyridine rings is 2. The normalized spacial score (nSPS) is 10.5. The second-order valence-electron chi connectivity index (χ2n) is 3.00. The average Bonchev–Trinajstić information content (AvgIpc) is 2.17. The van der Waals surface area contributed by atoms with Crippen LogP contribution >= 0.6 is 0 Å². The molecule has 4 nitrogen and oxygen atoms in total.